The number of carbonyl (C=O) groups is 1. The van der Waals surface area contributed by atoms with Crippen molar-refractivity contribution in [2.45, 2.75) is 18.0 Å². The van der Waals surface area contributed by atoms with E-state index in [0.29, 0.717) is 0 Å². The SMILES string of the molecule is Cc1cc([N+](=O)[O-])ccc1N(C(=O)C(F)(F)F)S(=O)(=O)c1ccc(Cl)cc1. The lowest BCUT2D eigenvalue weighted by molar-refractivity contribution is -0.384. The Labute approximate surface area is 156 Å². The Morgan fingerprint density at radius 3 is 2.15 bits per heavy atom. The Morgan fingerprint density at radius 2 is 1.70 bits per heavy atom. The second kappa shape index (κ2) is 7.16. The maximum atomic E-state index is 13.0. The zero-order valence-corrected chi connectivity index (χ0v) is 15.0. The van der Waals surface area contributed by atoms with Gasteiger partial charge in [-0.2, -0.15) is 17.5 Å². The maximum absolute atomic E-state index is 13.0. The highest BCUT2D eigenvalue weighted by molar-refractivity contribution is 7.93. The third kappa shape index (κ3) is 4.19. The molecule has 12 heteroatoms. The molecule has 0 spiro atoms. The number of carbonyl (C=O) groups excluding carboxylic acids is 1. The molecule has 0 saturated heterocycles. The number of hydrogen-bond acceptors (Lipinski definition) is 5. The van der Waals surface area contributed by atoms with Crippen LogP contribution in [0.15, 0.2) is 47.4 Å². The summed E-state index contributed by atoms with van der Waals surface area (Å²) in [6.07, 6.45) is -5.51. The zero-order valence-electron chi connectivity index (χ0n) is 13.4. The predicted octanol–water partition coefficient (Wildman–Crippen LogP) is 3.84. The molecule has 144 valence electrons. The average Bonchev–Trinajstić information content (AvgIpc) is 2.55. The number of alkyl halides is 3. The lowest BCUT2D eigenvalue weighted by Gasteiger charge is -2.25. The predicted molar refractivity (Wildman–Crippen MR) is 90.0 cm³/mol. The molecule has 0 saturated carbocycles. The van der Waals surface area contributed by atoms with Gasteiger partial charge in [-0.15, -0.1) is 0 Å². The fraction of sp³-hybridized carbons (Fsp3) is 0.133. The number of sulfonamides is 1. The van der Waals surface area contributed by atoms with Gasteiger partial charge in [-0.3, -0.25) is 14.9 Å². The van der Waals surface area contributed by atoms with E-state index in [1.54, 1.807) is 0 Å². The van der Waals surface area contributed by atoms with Gasteiger partial charge in [0.25, 0.3) is 15.7 Å². The van der Waals surface area contributed by atoms with E-state index in [9.17, 15) is 36.5 Å². The van der Waals surface area contributed by atoms with Gasteiger partial charge in [-0.25, -0.2) is 8.42 Å². The van der Waals surface area contributed by atoms with E-state index in [1.165, 1.54) is 0 Å². The minimum absolute atomic E-state index is 0.133. The Hall–Kier alpha value is -2.66. The molecule has 0 atom stereocenters. The lowest BCUT2D eigenvalue weighted by atomic mass is 10.2. The van der Waals surface area contributed by atoms with E-state index >= 15 is 0 Å². The molecule has 0 aliphatic carbocycles. The molecule has 2 aromatic rings. The van der Waals surface area contributed by atoms with Gasteiger partial charge >= 0.3 is 12.1 Å². The molecular formula is C15H10ClF3N2O5S. The number of nitrogens with zero attached hydrogens (tertiary/aromatic N) is 2. The van der Waals surface area contributed by atoms with Crippen LogP contribution in [0.25, 0.3) is 0 Å². The summed E-state index contributed by atoms with van der Waals surface area (Å²) in [5.74, 6) is -2.66. The van der Waals surface area contributed by atoms with Gasteiger partial charge in [0.2, 0.25) is 0 Å². The van der Waals surface area contributed by atoms with Crippen LogP contribution in [-0.4, -0.2) is 25.4 Å². The number of benzene rings is 2. The highest BCUT2D eigenvalue weighted by Gasteiger charge is 2.48. The number of amides is 1. The summed E-state index contributed by atoms with van der Waals surface area (Å²) < 4.78 is 64.2. The number of nitro groups is 1. The van der Waals surface area contributed by atoms with E-state index in [2.05, 4.69) is 0 Å². The van der Waals surface area contributed by atoms with Crippen molar-refractivity contribution in [1.82, 2.24) is 0 Å². The number of nitro benzene ring substituents is 1. The zero-order chi connectivity index (χ0) is 20.6. The van der Waals surface area contributed by atoms with Gasteiger partial charge in [-0.1, -0.05) is 11.6 Å². The van der Waals surface area contributed by atoms with Crippen molar-refractivity contribution in [1.29, 1.82) is 0 Å². The van der Waals surface area contributed by atoms with E-state index in [0.717, 1.165) is 49.4 Å². The number of rotatable bonds is 4. The lowest BCUT2D eigenvalue weighted by Crippen LogP contribution is -2.45. The van der Waals surface area contributed by atoms with E-state index in [-0.39, 0.29) is 10.6 Å². The molecule has 0 bridgehead atoms. The molecule has 0 aliphatic heterocycles. The van der Waals surface area contributed by atoms with Crippen LogP contribution in [0.4, 0.5) is 24.5 Å². The minimum Gasteiger partial charge on any atom is -0.263 e. The maximum Gasteiger partial charge on any atom is 0.472 e. The summed E-state index contributed by atoms with van der Waals surface area (Å²) in [5.41, 5.74) is -1.34. The van der Waals surface area contributed by atoms with Gasteiger partial charge in [0, 0.05) is 17.2 Å². The van der Waals surface area contributed by atoms with Crippen molar-refractivity contribution < 1.29 is 31.3 Å². The van der Waals surface area contributed by atoms with Crippen LogP contribution >= 0.6 is 11.6 Å². The van der Waals surface area contributed by atoms with Crippen molar-refractivity contribution in [3.63, 3.8) is 0 Å². The van der Waals surface area contributed by atoms with Gasteiger partial charge in [0.05, 0.1) is 15.5 Å². The van der Waals surface area contributed by atoms with E-state index in [1.807, 2.05) is 0 Å². The van der Waals surface area contributed by atoms with Gasteiger partial charge in [0.1, 0.15) is 0 Å². The third-order valence-electron chi connectivity index (χ3n) is 3.39. The summed E-state index contributed by atoms with van der Waals surface area (Å²) in [4.78, 5) is 21.3. The van der Waals surface area contributed by atoms with Crippen molar-refractivity contribution >= 4 is 38.9 Å². The van der Waals surface area contributed by atoms with Crippen LogP contribution in [0.3, 0.4) is 0 Å². The average molecular weight is 423 g/mol. The molecule has 2 aromatic carbocycles. The molecule has 0 radical (unpaired) electrons. The van der Waals surface area contributed by atoms with Crippen molar-refractivity contribution in [2.75, 3.05) is 4.31 Å². The molecule has 0 aromatic heterocycles. The first-order chi connectivity index (χ1) is 12.4. The van der Waals surface area contributed by atoms with E-state index in [4.69, 9.17) is 11.6 Å². The molecule has 0 unspecified atom stereocenters. The van der Waals surface area contributed by atoms with Crippen LogP contribution in [0.1, 0.15) is 5.56 Å². The molecule has 0 N–H and O–H groups in total. The summed E-state index contributed by atoms with van der Waals surface area (Å²) in [5, 5.41) is 10.9. The number of anilines is 1. The van der Waals surface area contributed by atoms with E-state index < -0.39 is 47.6 Å². The van der Waals surface area contributed by atoms with Crippen LogP contribution in [0.5, 0.6) is 0 Å². The normalized spacial score (nSPS) is 11.9. The molecule has 1 amide bonds. The molecule has 0 heterocycles. The third-order valence-corrected chi connectivity index (χ3v) is 5.35. The molecule has 2 rings (SSSR count). The standard InChI is InChI=1S/C15H10ClF3N2O5S/c1-9-8-11(21(23)24)4-7-13(9)20(14(22)15(17,18)19)27(25,26)12-5-2-10(16)3-6-12/h2-8H,1H3. The number of non-ortho nitro benzene ring substituents is 1. The van der Waals surface area contributed by atoms with Gasteiger partial charge in [-0.05, 0) is 42.8 Å². The largest absolute Gasteiger partial charge is 0.472 e. The first-order valence-corrected chi connectivity index (χ1v) is 8.84. The first kappa shape index (κ1) is 20.6. The molecule has 0 fully saturated rings. The topological polar surface area (TPSA) is 97.6 Å². The second-order valence-electron chi connectivity index (χ2n) is 5.25. The smallest absolute Gasteiger partial charge is 0.263 e. The summed E-state index contributed by atoms with van der Waals surface area (Å²) in [6, 6.07) is 6.58. The number of halogens is 4. The Kier molecular flexibility index (Phi) is 5.47. The number of hydrogen-bond donors (Lipinski definition) is 0. The fourth-order valence-corrected chi connectivity index (χ4v) is 3.76. The van der Waals surface area contributed by atoms with Crippen LogP contribution < -0.4 is 4.31 Å². The Balaban J connectivity index is 2.71. The second-order valence-corrected chi connectivity index (χ2v) is 7.48. The highest BCUT2D eigenvalue weighted by atomic mass is 35.5. The monoisotopic (exact) mass is 422 g/mol. The Morgan fingerprint density at radius 1 is 1.15 bits per heavy atom. The van der Waals surface area contributed by atoms with Crippen LogP contribution in [-0.2, 0) is 14.8 Å². The van der Waals surface area contributed by atoms with Gasteiger partial charge in [0.15, 0.2) is 0 Å². The van der Waals surface area contributed by atoms with Gasteiger partial charge < -0.3 is 0 Å². The van der Waals surface area contributed by atoms with Crippen molar-refractivity contribution in [3.05, 3.63) is 63.2 Å². The van der Waals surface area contributed by atoms with Crippen molar-refractivity contribution in [3.8, 4) is 0 Å². The molecule has 0 aliphatic rings. The first-order valence-electron chi connectivity index (χ1n) is 7.03. The van der Waals surface area contributed by atoms with Crippen LogP contribution in [0.2, 0.25) is 5.02 Å². The number of aryl methyl sites for hydroxylation is 1. The Bertz CT molecular complexity index is 1010. The highest BCUT2D eigenvalue weighted by Crippen LogP contribution is 2.33. The molecular weight excluding hydrogens is 413 g/mol. The van der Waals surface area contributed by atoms with Crippen molar-refractivity contribution in [2.24, 2.45) is 0 Å². The van der Waals surface area contributed by atoms with Crippen LogP contribution in [0, 0.1) is 17.0 Å². The fourth-order valence-electron chi connectivity index (χ4n) is 2.16. The molecule has 27 heavy (non-hydrogen) atoms. The quantitative estimate of drug-likeness (QED) is 0.550. The minimum atomic E-state index is -5.51. The summed E-state index contributed by atoms with van der Waals surface area (Å²) >= 11 is 5.65. The molecule has 7 nitrogen and oxygen atoms in total. The summed E-state index contributed by atoms with van der Waals surface area (Å²) in [7, 11) is -4.97. The summed E-state index contributed by atoms with van der Waals surface area (Å²) in [6.45, 7) is 1.15.